The predicted octanol–water partition coefficient (Wildman–Crippen LogP) is 4.67. The number of hydrogen-bond acceptors (Lipinski definition) is 5. The Labute approximate surface area is 193 Å². The molecule has 0 aliphatic carbocycles. The average molecular weight is 469 g/mol. The lowest BCUT2D eigenvalue weighted by molar-refractivity contribution is -0.123. The zero-order valence-electron chi connectivity index (χ0n) is 17.1. The van der Waals surface area contributed by atoms with Crippen LogP contribution in [0.3, 0.4) is 0 Å². The molecule has 0 radical (unpaired) electrons. The first-order valence-corrected chi connectivity index (χ1v) is 10.3. The summed E-state index contributed by atoms with van der Waals surface area (Å²) >= 11 is 5.73. The summed E-state index contributed by atoms with van der Waals surface area (Å²) in [5.74, 6) is -3.02. The molecule has 33 heavy (non-hydrogen) atoms. The molecule has 1 aliphatic rings. The van der Waals surface area contributed by atoms with Crippen molar-refractivity contribution in [2.45, 2.75) is 6.42 Å². The van der Waals surface area contributed by atoms with Gasteiger partial charge in [0.1, 0.15) is 11.7 Å². The highest BCUT2D eigenvalue weighted by Gasteiger charge is 2.31. The Kier molecular flexibility index (Phi) is 6.55. The van der Waals surface area contributed by atoms with E-state index in [-0.39, 0.29) is 23.1 Å². The van der Waals surface area contributed by atoms with E-state index in [0.717, 1.165) is 6.07 Å². The molecule has 0 fully saturated rings. The molecule has 0 spiro atoms. The standard InChI is InChI=1S/C24H18ClFN2O5/c25-15-6-8-19(18(26)10-15)28-22(29)12-17(23(30)14-4-2-1-3-5-14)24(31)27-16-7-9-20-21(11-16)33-13-32-20/h1-11,17H,12-13H2,(H,27,31)(H,28,29). The Morgan fingerprint density at radius 2 is 1.70 bits per heavy atom. The summed E-state index contributed by atoms with van der Waals surface area (Å²) < 4.78 is 24.6. The van der Waals surface area contributed by atoms with Gasteiger partial charge in [0, 0.05) is 28.8 Å². The van der Waals surface area contributed by atoms with Crippen molar-refractivity contribution in [2.75, 3.05) is 17.4 Å². The van der Waals surface area contributed by atoms with Crippen LogP contribution in [0.4, 0.5) is 15.8 Å². The number of nitrogens with one attached hydrogen (secondary N) is 2. The average Bonchev–Trinajstić information content (AvgIpc) is 3.27. The maximum atomic E-state index is 14.1. The number of anilines is 2. The van der Waals surface area contributed by atoms with Crippen LogP contribution in [0, 0.1) is 11.7 Å². The summed E-state index contributed by atoms with van der Waals surface area (Å²) in [5, 5.41) is 5.20. The molecule has 1 unspecified atom stereocenters. The number of ether oxygens (including phenoxy) is 2. The molecule has 7 nitrogen and oxygen atoms in total. The number of benzene rings is 3. The second kappa shape index (κ2) is 9.70. The van der Waals surface area contributed by atoms with Crippen LogP contribution in [0.15, 0.2) is 66.7 Å². The third-order valence-corrected chi connectivity index (χ3v) is 5.16. The topological polar surface area (TPSA) is 93.7 Å². The molecule has 3 aromatic carbocycles. The Morgan fingerprint density at radius 1 is 0.939 bits per heavy atom. The largest absolute Gasteiger partial charge is 0.454 e. The van der Waals surface area contributed by atoms with E-state index in [9.17, 15) is 18.8 Å². The van der Waals surface area contributed by atoms with Gasteiger partial charge in [0.2, 0.25) is 18.6 Å². The first-order chi connectivity index (χ1) is 15.9. The van der Waals surface area contributed by atoms with E-state index < -0.39 is 35.8 Å². The molecule has 0 aromatic heterocycles. The molecular formula is C24H18ClFN2O5. The molecule has 1 heterocycles. The third-order valence-electron chi connectivity index (χ3n) is 4.93. The fraction of sp³-hybridized carbons (Fsp3) is 0.125. The molecule has 0 bridgehead atoms. The highest BCUT2D eigenvalue weighted by molar-refractivity contribution is 6.30. The zero-order valence-corrected chi connectivity index (χ0v) is 17.9. The van der Waals surface area contributed by atoms with Gasteiger partial charge in [-0.2, -0.15) is 0 Å². The van der Waals surface area contributed by atoms with Crippen LogP contribution in [-0.4, -0.2) is 24.4 Å². The number of Topliss-reactive ketones (excluding diaryl/α,β-unsaturated/α-hetero) is 1. The Hall–Kier alpha value is -3.91. The van der Waals surface area contributed by atoms with Crippen molar-refractivity contribution >= 4 is 40.6 Å². The van der Waals surface area contributed by atoms with Crippen molar-refractivity contribution in [1.82, 2.24) is 0 Å². The normalized spacial score (nSPS) is 12.7. The molecule has 1 atom stereocenters. The lowest BCUT2D eigenvalue weighted by atomic mass is 9.93. The van der Waals surface area contributed by atoms with Crippen LogP contribution in [0.25, 0.3) is 0 Å². The minimum atomic E-state index is -1.35. The van der Waals surface area contributed by atoms with Gasteiger partial charge in [-0.25, -0.2) is 4.39 Å². The van der Waals surface area contributed by atoms with Gasteiger partial charge in [-0.05, 0) is 30.3 Å². The number of carbonyl (C=O) groups excluding carboxylic acids is 3. The Balaban J connectivity index is 1.54. The summed E-state index contributed by atoms with van der Waals surface area (Å²) in [5.41, 5.74) is 0.541. The maximum absolute atomic E-state index is 14.1. The summed E-state index contributed by atoms with van der Waals surface area (Å²) in [6, 6.07) is 16.7. The number of halogens is 2. The van der Waals surface area contributed by atoms with Crippen LogP contribution in [-0.2, 0) is 9.59 Å². The van der Waals surface area contributed by atoms with Crippen molar-refractivity contribution in [3.05, 3.63) is 83.1 Å². The van der Waals surface area contributed by atoms with E-state index in [2.05, 4.69) is 10.6 Å². The number of fused-ring (bicyclic) bond motifs is 1. The predicted molar refractivity (Wildman–Crippen MR) is 120 cm³/mol. The first kappa shape index (κ1) is 22.3. The molecule has 2 N–H and O–H groups in total. The quantitative estimate of drug-likeness (QED) is 0.388. The van der Waals surface area contributed by atoms with Crippen molar-refractivity contribution in [3.8, 4) is 11.5 Å². The van der Waals surface area contributed by atoms with E-state index in [0.29, 0.717) is 17.2 Å². The minimum absolute atomic E-state index is 0.0727. The van der Waals surface area contributed by atoms with Crippen LogP contribution in [0.2, 0.25) is 5.02 Å². The minimum Gasteiger partial charge on any atom is -0.454 e. The molecule has 4 rings (SSSR count). The molecule has 0 saturated carbocycles. The molecule has 9 heteroatoms. The zero-order chi connectivity index (χ0) is 23.4. The second-order valence-electron chi connectivity index (χ2n) is 7.22. The van der Waals surface area contributed by atoms with Gasteiger partial charge < -0.3 is 20.1 Å². The van der Waals surface area contributed by atoms with Crippen LogP contribution >= 0.6 is 11.6 Å². The van der Waals surface area contributed by atoms with Crippen LogP contribution < -0.4 is 20.1 Å². The molecule has 168 valence electrons. The fourth-order valence-corrected chi connectivity index (χ4v) is 3.45. The summed E-state index contributed by atoms with van der Waals surface area (Å²) in [4.78, 5) is 38.8. The SMILES string of the molecule is O=C(CC(C(=O)Nc1ccc2c(c1)OCO2)C(=O)c1ccccc1)Nc1ccc(Cl)cc1F. The third kappa shape index (κ3) is 5.30. The molecule has 0 saturated heterocycles. The van der Waals surface area contributed by atoms with E-state index in [1.165, 1.54) is 12.1 Å². The lowest BCUT2D eigenvalue weighted by Gasteiger charge is -2.16. The monoisotopic (exact) mass is 468 g/mol. The number of ketones is 1. The summed E-state index contributed by atoms with van der Waals surface area (Å²) in [6.07, 6.45) is -0.494. The number of amides is 2. The molecule has 2 amide bonds. The van der Waals surface area contributed by atoms with Gasteiger partial charge in [-0.3, -0.25) is 14.4 Å². The lowest BCUT2D eigenvalue weighted by Crippen LogP contribution is -2.33. The molecule has 3 aromatic rings. The summed E-state index contributed by atoms with van der Waals surface area (Å²) in [7, 11) is 0. The van der Waals surface area contributed by atoms with Crippen LogP contribution in [0.1, 0.15) is 16.8 Å². The van der Waals surface area contributed by atoms with Gasteiger partial charge in [0.05, 0.1) is 5.69 Å². The molecule has 1 aliphatic heterocycles. The van der Waals surface area contributed by atoms with E-state index in [4.69, 9.17) is 21.1 Å². The van der Waals surface area contributed by atoms with Crippen molar-refractivity contribution in [1.29, 1.82) is 0 Å². The van der Waals surface area contributed by atoms with E-state index in [1.54, 1.807) is 48.5 Å². The first-order valence-electron chi connectivity index (χ1n) is 9.95. The highest BCUT2D eigenvalue weighted by Crippen LogP contribution is 2.34. The van der Waals surface area contributed by atoms with Gasteiger partial charge in [-0.1, -0.05) is 41.9 Å². The summed E-state index contributed by atoms with van der Waals surface area (Å²) in [6.45, 7) is 0.0727. The van der Waals surface area contributed by atoms with Gasteiger partial charge in [0.15, 0.2) is 17.3 Å². The molecular weight excluding hydrogens is 451 g/mol. The van der Waals surface area contributed by atoms with Gasteiger partial charge in [-0.15, -0.1) is 0 Å². The Bertz CT molecular complexity index is 1220. The van der Waals surface area contributed by atoms with Gasteiger partial charge in [0.25, 0.3) is 0 Å². The number of hydrogen-bond donors (Lipinski definition) is 2. The van der Waals surface area contributed by atoms with E-state index in [1.807, 2.05) is 0 Å². The number of rotatable bonds is 7. The van der Waals surface area contributed by atoms with E-state index >= 15 is 0 Å². The fourth-order valence-electron chi connectivity index (χ4n) is 3.29. The van der Waals surface area contributed by atoms with Crippen molar-refractivity contribution < 1.29 is 28.2 Å². The van der Waals surface area contributed by atoms with Crippen molar-refractivity contribution in [3.63, 3.8) is 0 Å². The second-order valence-corrected chi connectivity index (χ2v) is 7.65. The highest BCUT2D eigenvalue weighted by atomic mass is 35.5. The van der Waals surface area contributed by atoms with Crippen LogP contribution in [0.5, 0.6) is 11.5 Å². The smallest absolute Gasteiger partial charge is 0.235 e. The number of carbonyl (C=O) groups is 3. The Morgan fingerprint density at radius 3 is 2.45 bits per heavy atom. The maximum Gasteiger partial charge on any atom is 0.235 e. The van der Waals surface area contributed by atoms with Crippen molar-refractivity contribution in [2.24, 2.45) is 5.92 Å². The van der Waals surface area contributed by atoms with Gasteiger partial charge >= 0.3 is 0 Å².